The molecule has 0 fully saturated rings. The third-order valence-corrected chi connectivity index (χ3v) is 3.62. The van der Waals surface area contributed by atoms with Crippen molar-refractivity contribution in [3.05, 3.63) is 83.1 Å². The summed E-state index contributed by atoms with van der Waals surface area (Å²) in [4.78, 5) is 16.2. The molecule has 0 atom stereocenters. The minimum atomic E-state index is -0.256. The van der Waals surface area contributed by atoms with E-state index >= 15 is 0 Å². The number of aromatic nitrogens is 1. The van der Waals surface area contributed by atoms with E-state index in [2.05, 4.69) is 10.3 Å². The van der Waals surface area contributed by atoms with E-state index in [1.54, 1.807) is 42.7 Å². The third-order valence-electron chi connectivity index (χ3n) is 3.38. The minimum Gasteiger partial charge on any atom is -0.455 e. The molecule has 24 heavy (non-hydrogen) atoms. The van der Waals surface area contributed by atoms with Crippen molar-refractivity contribution < 1.29 is 9.53 Å². The number of rotatable bonds is 4. The maximum atomic E-state index is 12.3. The van der Waals surface area contributed by atoms with Crippen LogP contribution in [-0.4, -0.2) is 10.9 Å². The highest BCUT2D eigenvalue weighted by Crippen LogP contribution is 2.32. The lowest BCUT2D eigenvalue weighted by Crippen LogP contribution is -2.12. The molecule has 0 aliphatic rings. The quantitative estimate of drug-likeness (QED) is 0.721. The van der Waals surface area contributed by atoms with Crippen LogP contribution in [-0.2, 0) is 0 Å². The lowest BCUT2D eigenvalue weighted by atomic mass is 10.2. The molecule has 3 aromatic rings. The van der Waals surface area contributed by atoms with E-state index in [-0.39, 0.29) is 5.91 Å². The van der Waals surface area contributed by atoms with E-state index in [9.17, 15) is 4.79 Å². The zero-order chi connectivity index (χ0) is 16.9. The van der Waals surface area contributed by atoms with E-state index in [1.807, 2.05) is 31.2 Å². The molecule has 5 heteroatoms. The monoisotopic (exact) mass is 338 g/mol. The first-order chi connectivity index (χ1) is 11.6. The molecule has 2 aromatic carbocycles. The Balaban J connectivity index is 1.85. The van der Waals surface area contributed by atoms with E-state index in [1.165, 1.54) is 0 Å². The van der Waals surface area contributed by atoms with Crippen molar-refractivity contribution >= 4 is 23.2 Å². The molecule has 0 bridgehead atoms. The molecule has 0 unspecified atom stereocenters. The summed E-state index contributed by atoms with van der Waals surface area (Å²) in [5.74, 6) is 0.946. The van der Waals surface area contributed by atoms with Crippen molar-refractivity contribution in [1.29, 1.82) is 0 Å². The Hall–Kier alpha value is -2.85. The number of pyridine rings is 1. The normalized spacial score (nSPS) is 10.2. The Labute approximate surface area is 145 Å². The Morgan fingerprint density at radius 3 is 2.46 bits per heavy atom. The van der Waals surface area contributed by atoms with Gasteiger partial charge in [-0.3, -0.25) is 9.78 Å². The number of nitrogens with one attached hydrogen (secondary N) is 1. The third kappa shape index (κ3) is 3.91. The fraction of sp³-hybridized carbons (Fsp3) is 0.0526. The molecule has 0 radical (unpaired) electrons. The van der Waals surface area contributed by atoms with Gasteiger partial charge < -0.3 is 10.1 Å². The highest BCUT2D eigenvalue weighted by molar-refractivity contribution is 6.31. The summed E-state index contributed by atoms with van der Waals surface area (Å²) in [6, 6.07) is 16.0. The van der Waals surface area contributed by atoms with Gasteiger partial charge in [0, 0.05) is 23.0 Å². The molecule has 0 saturated carbocycles. The molecule has 0 aliphatic heterocycles. The molecular weight excluding hydrogens is 324 g/mol. The number of halogens is 1. The van der Waals surface area contributed by atoms with Crippen LogP contribution in [0.15, 0.2) is 67.0 Å². The number of hydrogen-bond acceptors (Lipinski definition) is 3. The zero-order valence-electron chi connectivity index (χ0n) is 13.0. The fourth-order valence-corrected chi connectivity index (χ4v) is 2.29. The fourth-order valence-electron chi connectivity index (χ4n) is 2.12. The number of hydrogen-bond donors (Lipinski definition) is 1. The van der Waals surface area contributed by atoms with Crippen LogP contribution in [0.3, 0.4) is 0 Å². The smallest absolute Gasteiger partial charge is 0.255 e. The maximum absolute atomic E-state index is 12.3. The van der Waals surface area contributed by atoms with Gasteiger partial charge in [-0.1, -0.05) is 29.3 Å². The van der Waals surface area contributed by atoms with Crippen LogP contribution in [0.5, 0.6) is 11.5 Å². The molecule has 0 spiro atoms. The van der Waals surface area contributed by atoms with Crippen LogP contribution < -0.4 is 10.1 Å². The van der Waals surface area contributed by atoms with Gasteiger partial charge in [0.25, 0.3) is 5.91 Å². The van der Waals surface area contributed by atoms with Crippen LogP contribution >= 0.6 is 11.6 Å². The topological polar surface area (TPSA) is 51.2 Å². The van der Waals surface area contributed by atoms with Crippen molar-refractivity contribution in [2.45, 2.75) is 6.92 Å². The van der Waals surface area contributed by atoms with Crippen LogP contribution in [0, 0.1) is 6.92 Å². The van der Waals surface area contributed by atoms with Gasteiger partial charge in [-0.15, -0.1) is 0 Å². The standard InChI is InChI=1S/C19H15ClN2O2/c1-13-2-5-16(6-3-13)24-18-7-4-15(20)12-17(18)22-19(23)14-8-10-21-11-9-14/h2-12H,1H3,(H,22,23). The van der Waals surface area contributed by atoms with Gasteiger partial charge in [-0.25, -0.2) is 0 Å². The molecule has 0 aliphatic carbocycles. The van der Waals surface area contributed by atoms with E-state index in [0.29, 0.717) is 27.8 Å². The van der Waals surface area contributed by atoms with Gasteiger partial charge in [0.05, 0.1) is 5.69 Å². The number of aryl methyl sites for hydroxylation is 1. The summed E-state index contributed by atoms with van der Waals surface area (Å²) >= 11 is 6.05. The summed E-state index contributed by atoms with van der Waals surface area (Å²) in [5.41, 5.74) is 2.15. The van der Waals surface area contributed by atoms with E-state index < -0.39 is 0 Å². The van der Waals surface area contributed by atoms with Crippen LogP contribution in [0.4, 0.5) is 5.69 Å². The van der Waals surface area contributed by atoms with E-state index in [0.717, 1.165) is 5.56 Å². The van der Waals surface area contributed by atoms with Crippen LogP contribution in [0.25, 0.3) is 0 Å². The van der Waals surface area contributed by atoms with Gasteiger partial charge in [0.2, 0.25) is 0 Å². The van der Waals surface area contributed by atoms with Gasteiger partial charge in [0.15, 0.2) is 5.75 Å². The zero-order valence-corrected chi connectivity index (χ0v) is 13.7. The molecule has 120 valence electrons. The average molecular weight is 339 g/mol. The number of amides is 1. The number of benzene rings is 2. The molecule has 1 heterocycles. The number of nitrogens with zero attached hydrogens (tertiary/aromatic N) is 1. The summed E-state index contributed by atoms with van der Waals surface area (Å²) in [7, 11) is 0. The Morgan fingerprint density at radius 1 is 1.04 bits per heavy atom. The largest absolute Gasteiger partial charge is 0.455 e. The molecule has 0 saturated heterocycles. The van der Waals surface area contributed by atoms with Crippen molar-refractivity contribution in [2.24, 2.45) is 0 Å². The predicted octanol–water partition coefficient (Wildman–Crippen LogP) is 5.09. The molecule has 1 amide bonds. The number of carbonyl (C=O) groups excluding carboxylic acids is 1. The van der Waals surface area contributed by atoms with Gasteiger partial charge >= 0.3 is 0 Å². The first-order valence-electron chi connectivity index (χ1n) is 7.37. The molecular formula is C19H15ClN2O2. The highest BCUT2D eigenvalue weighted by atomic mass is 35.5. The summed E-state index contributed by atoms with van der Waals surface area (Å²) in [5, 5.41) is 3.33. The average Bonchev–Trinajstić information content (AvgIpc) is 2.60. The predicted molar refractivity (Wildman–Crippen MR) is 94.9 cm³/mol. The first-order valence-corrected chi connectivity index (χ1v) is 7.75. The second-order valence-corrected chi connectivity index (χ2v) is 5.68. The van der Waals surface area contributed by atoms with Crippen molar-refractivity contribution in [3.63, 3.8) is 0 Å². The number of ether oxygens (including phenoxy) is 1. The summed E-state index contributed by atoms with van der Waals surface area (Å²) in [6.45, 7) is 2.01. The van der Waals surface area contributed by atoms with Crippen molar-refractivity contribution in [2.75, 3.05) is 5.32 Å². The Morgan fingerprint density at radius 2 is 1.75 bits per heavy atom. The van der Waals surface area contributed by atoms with Gasteiger partial charge in [0.1, 0.15) is 5.75 Å². The van der Waals surface area contributed by atoms with Gasteiger partial charge in [-0.2, -0.15) is 0 Å². The second kappa shape index (κ2) is 7.15. The highest BCUT2D eigenvalue weighted by Gasteiger charge is 2.11. The van der Waals surface area contributed by atoms with Crippen molar-refractivity contribution in [1.82, 2.24) is 4.98 Å². The number of carbonyl (C=O) groups is 1. The SMILES string of the molecule is Cc1ccc(Oc2ccc(Cl)cc2NC(=O)c2ccncc2)cc1. The second-order valence-electron chi connectivity index (χ2n) is 5.25. The number of anilines is 1. The molecule has 1 N–H and O–H groups in total. The molecule has 1 aromatic heterocycles. The first kappa shape index (κ1) is 16.0. The molecule has 4 nitrogen and oxygen atoms in total. The maximum Gasteiger partial charge on any atom is 0.255 e. The lowest BCUT2D eigenvalue weighted by molar-refractivity contribution is 0.102. The summed E-state index contributed by atoms with van der Waals surface area (Å²) in [6.07, 6.45) is 3.13. The van der Waals surface area contributed by atoms with Crippen LogP contribution in [0.1, 0.15) is 15.9 Å². The minimum absolute atomic E-state index is 0.256. The van der Waals surface area contributed by atoms with Gasteiger partial charge in [-0.05, 0) is 49.4 Å². The lowest BCUT2D eigenvalue weighted by Gasteiger charge is -2.13. The Bertz CT molecular complexity index is 849. The Kier molecular flexibility index (Phi) is 4.77. The van der Waals surface area contributed by atoms with Crippen molar-refractivity contribution in [3.8, 4) is 11.5 Å². The molecule has 3 rings (SSSR count). The van der Waals surface area contributed by atoms with E-state index in [4.69, 9.17) is 16.3 Å². The van der Waals surface area contributed by atoms with Crippen LogP contribution in [0.2, 0.25) is 5.02 Å². The summed E-state index contributed by atoms with van der Waals surface area (Å²) < 4.78 is 5.87.